The van der Waals surface area contributed by atoms with E-state index in [0.29, 0.717) is 113 Å². The number of ether oxygens (including phenoxy) is 2. The Morgan fingerprint density at radius 2 is 1.20 bits per heavy atom. The highest BCUT2D eigenvalue weighted by molar-refractivity contribution is 8.14. The van der Waals surface area contributed by atoms with Gasteiger partial charge in [-0.3, -0.25) is 10.1 Å². The lowest BCUT2D eigenvalue weighted by molar-refractivity contribution is -0.486. The summed E-state index contributed by atoms with van der Waals surface area (Å²) in [7, 11) is 8.31. The van der Waals surface area contributed by atoms with Crippen LogP contribution in [0.4, 0.5) is 0 Å². The van der Waals surface area contributed by atoms with Gasteiger partial charge in [-0.2, -0.15) is 15.5 Å². The van der Waals surface area contributed by atoms with Gasteiger partial charge in [-0.05, 0) is 66.8 Å². The van der Waals surface area contributed by atoms with Crippen molar-refractivity contribution in [1.29, 1.82) is 10.5 Å². The van der Waals surface area contributed by atoms with Crippen molar-refractivity contribution in [3.63, 3.8) is 0 Å². The van der Waals surface area contributed by atoms with E-state index in [1.165, 1.54) is 29.7 Å². The summed E-state index contributed by atoms with van der Waals surface area (Å²) in [5.74, 6) is 3.33. The number of nitro groups is 5. The maximum Gasteiger partial charge on any atom is 0.277 e. The molecule has 10 rings (SSSR count). The molecule has 6 N–H and O–H groups in total. The van der Waals surface area contributed by atoms with Crippen LogP contribution in [-0.4, -0.2) is 220 Å². The Balaban J connectivity index is 0.000000344. The van der Waals surface area contributed by atoms with E-state index in [2.05, 4.69) is 97.1 Å². The lowest BCUT2D eigenvalue weighted by atomic mass is 10.1. The van der Waals surface area contributed by atoms with E-state index >= 15 is 0 Å². The number of halogens is 6. The topological polar surface area (TPSA) is 525 Å². The average molecular weight is 1760 g/mol. The van der Waals surface area contributed by atoms with Crippen LogP contribution >= 0.6 is 104 Å². The Labute approximate surface area is 696 Å². The van der Waals surface area contributed by atoms with Crippen molar-refractivity contribution in [1.82, 2.24) is 91.2 Å². The molecule has 0 radical (unpaired) electrons. The van der Waals surface area contributed by atoms with E-state index in [1.807, 2.05) is 54.2 Å². The number of hydrogen-bond acceptors (Lipinski definition) is 27. The van der Waals surface area contributed by atoms with Crippen molar-refractivity contribution in [2.45, 2.75) is 67.0 Å². The summed E-state index contributed by atoms with van der Waals surface area (Å²) >= 11 is 38.3. The third kappa shape index (κ3) is 39.6. The number of hydrazone groups is 4. The summed E-state index contributed by atoms with van der Waals surface area (Å²) in [5, 5.41) is 97.4. The Morgan fingerprint density at radius 3 is 1.66 bits per heavy atom. The van der Waals surface area contributed by atoms with Gasteiger partial charge in [0.15, 0.2) is 40.1 Å². The first-order chi connectivity index (χ1) is 54.0. The van der Waals surface area contributed by atoms with Gasteiger partial charge >= 0.3 is 0 Å². The first kappa shape index (κ1) is 97.4. The van der Waals surface area contributed by atoms with E-state index in [9.17, 15) is 50.6 Å². The van der Waals surface area contributed by atoms with Gasteiger partial charge < -0.3 is 70.8 Å². The van der Waals surface area contributed by atoms with E-state index < -0.39 is 25.1 Å². The molecule has 4 aliphatic rings. The molecule has 43 nitrogen and oxygen atoms in total. The standard InChI is InChI=1S/C11H15ClN4O2.C10H9ClN4S.C10H11ClN4.C9H10ClN5O2.C8H10ClN5O3S.C7H14N4O3.C6H8ClN5O2S.CH4/c1-3-15(11(13-2)8-16(17)18)7-9-4-5-10(12)14-6-9;11-9-2-1-8(5-13-9)6-15-3-4-16-10(15)14-7-12;1-8(14-7-12)15(2)6-9-3-4-10(11)13-5-9;10-8-2-1-7(5-12-8)6-14-4-3-11-9(14)13-15(16)17;1-12-4-17-5-13(8(12)11-14(15)16)3-6-2-10-7(9)18-6;1-8-7(10-11(12)13)9-4-6-2-3-14-5-6;1-8-6(11-12(13)14)10-3-4-2-9-5(7)15-4;/h4-6,8,13H,3,7H2,1-2H3;1-2,5H,3-4,6H2;3-5H,6H2,1-2H3;1-2,5H,3-4,6H2,(H,11,13);2H,3-5H2,1H3;6H,2-5H2,1H3,(H2,8,9,10);2H,3H2,1H3,(H2,8,10,11);1H4/b11-8+;;;;11-8+;;;. The second-order valence-corrected chi connectivity index (χ2v) is 28.4. The van der Waals surface area contributed by atoms with E-state index in [-0.39, 0.29) is 44.7 Å². The van der Waals surface area contributed by atoms with Gasteiger partial charge in [0, 0.05) is 159 Å². The fraction of sp³-hybridized carbons (Fsp3) is 0.419. The number of nitrogens with one attached hydrogen (secondary N) is 6. The van der Waals surface area contributed by atoms with E-state index in [1.54, 1.807) is 122 Å². The maximum absolute atomic E-state index is 10.5. The lowest BCUT2D eigenvalue weighted by Crippen LogP contribution is -2.49. The van der Waals surface area contributed by atoms with Gasteiger partial charge in [0.05, 0.1) is 24.6 Å². The van der Waals surface area contributed by atoms with Crippen molar-refractivity contribution >= 4 is 139 Å². The normalized spacial score (nSPS) is 15.4. The molecular formula is C62H81Cl6N31O12S3. The van der Waals surface area contributed by atoms with Crippen LogP contribution in [0.25, 0.3) is 0 Å². The minimum atomic E-state index is -0.779. The smallest absolute Gasteiger partial charge is 0.277 e. The predicted molar refractivity (Wildman–Crippen MR) is 436 cm³/mol. The van der Waals surface area contributed by atoms with Crippen molar-refractivity contribution in [3.05, 3.63) is 210 Å². The summed E-state index contributed by atoms with van der Waals surface area (Å²) in [4.78, 5) is 94.7. The fourth-order valence-electron chi connectivity index (χ4n) is 9.11. The van der Waals surface area contributed by atoms with Crippen molar-refractivity contribution in [2.75, 3.05) is 100 Å². The number of nitrogens with zero attached hydrogens (tertiary/aromatic N) is 25. The van der Waals surface area contributed by atoms with Crippen LogP contribution in [0.1, 0.15) is 59.7 Å². The Kier molecular flexibility index (Phi) is 46.2. The highest BCUT2D eigenvalue weighted by Gasteiger charge is 2.27. The second-order valence-electron chi connectivity index (χ2n) is 22.4. The molecule has 0 bridgehead atoms. The number of pyridine rings is 4. The molecular weight excluding hydrogens is 1680 g/mol. The molecule has 0 aromatic carbocycles. The third-order valence-corrected chi connectivity index (χ3v) is 18.5. The molecule has 0 spiro atoms. The van der Waals surface area contributed by atoms with Crippen LogP contribution in [-0.2, 0) is 48.7 Å². The predicted octanol–water partition coefficient (Wildman–Crippen LogP) is 8.42. The average Bonchev–Trinajstić information content (AvgIpc) is 1.35. The molecule has 52 heteroatoms. The molecule has 4 aliphatic heterocycles. The summed E-state index contributed by atoms with van der Waals surface area (Å²) in [6.07, 6.45) is 15.5. The molecule has 1 atom stereocenters. The zero-order valence-corrected chi connectivity index (χ0v) is 68.3. The number of rotatable bonds is 22. The van der Waals surface area contributed by atoms with Gasteiger partial charge in [0.2, 0.25) is 12.4 Å². The first-order valence-electron chi connectivity index (χ1n) is 32.8. The molecule has 6 aromatic rings. The third-order valence-electron chi connectivity index (χ3n) is 14.4. The monoisotopic (exact) mass is 1760 g/mol. The van der Waals surface area contributed by atoms with Crippen LogP contribution in [0.3, 0.4) is 0 Å². The molecule has 0 saturated carbocycles. The molecule has 114 heavy (non-hydrogen) atoms. The summed E-state index contributed by atoms with van der Waals surface area (Å²) in [6, 6.07) is 14.4. The number of hydrogen-bond donors (Lipinski definition) is 6. The molecule has 4 fully saturated rings. The van der Waals surface area contributed by atoms with Crippen LogP contribution in [0, 0.1) is 79.4 Å². The van der Waals surface area contributed by atoms with E-state index in [4.69, 9.17) is 89.6 Å². The van der Waals surface area contributed by atoms with Crippen molar-refractivity contribution in [3.8, 4) is 12.4 Å². The van der Waals surface area contributed by atoms with Gasteiger partial charge in [0.1, 0.15) is 60.3 Å². The summed E-state index contributed by atoms with van der Waals surface area (Å²) < 4.78 is 11.3. The summed E-state index contributed by atoms with van der Waals surface area (Å²) in [5.41, 5.74) is 3.95. The van der Waals surface area contributed by atoms with Crippen LogP contribution in [0.2, 0.25) is 29.5 Å². The summed E-state index contributed by atoms with van der Waals surface area (Å²) in [6.45, 7) is 12.5. The first-order valence-corrected chi connectivity index (χ1v) is 37.7. The minimum Gasteiger partial charge on any atom is -0.381 e. The number of guanidine groups is 4. The Bertz CT molecular complexity index is 4310. The van der Waals surface area contributed by atoms with Crippen LogP contribution in [0.15, 0.2) is 128 Å². The Hall–Kier alpha value is -10.8. The van der Waals surface area contributed by atoms with Crippen LogP contribution < -0.4 is 31.9 Å². The second kappa shape index (κ2) is 54.0. The largest absolute Gasteiger partial charge is 0.381 e. The van der Waals surface area contributed by atoms with Crippen molar-refractivity contribution < 1.29 is 34.5 Å². The number of aromatic nitrogens is 6. The highest BCUT2D eigenvalue weighted by Crippen LogP contribution is 2.23. The maximum atomic E-state index is 10.5. The molecule has 1 unspecified atom stereocenters. The van der Waals surface area contributed by atoms with Crippen molar-refractivity contribution in [2.24, 2.45) is 36.3 Å². The Morgan fingerprint density at radius 1 is 0.667 bits per heavy atom. The molecule has 0 aliphatic carbocycles. The van der Waals surface area contributed by atoms with E-state index in [0.717, 1.165) is 75.2 Å². The van der Waals surface area contributed by atoms with Gasteiger partial charge in [0.25, 0.3) is 30.0 Å². The van der Waals surface area contributed by atoms with Crippen LogP contribution in [0.5, 0.6) is 0 Å². The number of nitriles is 2. The van der Waals surface area contributed by atoms with Gasteiger partial charge in [-0.25, -0.2) is 70.4 Å². The highest BCUT2D eigenvalue weighted by atomic mass is 35.5. The number of aliphatic imine (C=N–C) groups is 2. The SMILES string of the molecule is C.CC(=NC#N)N(C)Cc1ccc(Cl)nc1.CCN(Cc1ccc(Cl)nc1)/C(=C/[N+](=O)[O-])NC.CN/C(=N\[N+](=O)[O-])NCC1CCOC1.CN/C(=N\[N+](=O)[O-])NCc1cnc(Cl)s1.CN1COCN(Cc2cnc(Cl)s2)/C1=N/[N+](=O)[O-].N#CN=C1SCCN1Cc1ccc(Cl)nc1.O=[N+]([O-])/N=C1\NCCN1Cc1ccc(Cl)nc1. The zero-order chi connectivity index (χ0) is 83.2. The molecule has 6 aromatic heterocycles. The quantitative estimate of drug-likeness (QED) is 0.00927. The lowest BCUT2D eigenvalue weighted by Gasteiger charge is -2.34. The number of thiazole rings is 2. The number of thioether (sulfide) groups is 1. The van der Waals surface area contributed by atoms with Gasteiger partial charge in [-0.1, -0.05) is 113 Å². The molecule has 616 valence electrons. The number of amidine groups is 2. The molecule has 0 amide bonds. The fourth-order valence-corrected chi connectivity index (χ4v) is 12.4. The molecule has 10 heterocycles. The van der Waals surface area contributed by atoms with Gasteiger partial charge in [-0.15, -0.1) is 27.7 Å². The minimum absolute atomic E-state index is 0. The zero-order valence-electron chi connectivity index (χ0n) is 61.3. The molecule has 4 saturated heterocycles.